The van der Waals surface area contributed by atoms with Crippen LogP contribution in [0.15, 0.2) is 84.9 Å². The second-order valence-electron chi connectivity index (χ2n) is 8.89. The summed E-state index contributed by atoms with van der Waals surface area (Å²) in [5.74, 6) is 0.388. The molecule has 0 spiro atoms. The molecule has 8 heteroatoms. The van der Waals surface area contributed by atoms with Crippen LogP contribution in [-0.4, -0.2) is 54.6 Å². The molecule has 1 heterocycles. The summed E-state index contributed by atoms with van der Waals surface area (Å²) in [5, 5.41) is 6.00. The number of amides is 2. The summed E-state index contributed by atoms with van der Waals surface area (Å²) in [6, 6.07) is 24.7. The van der Waals surface area contributed by atoms with Crippen LogP contribution in [0.3, 0.4) is 0 Å². The second kappa shape index (κ2) is 13.4. The lowest BCUT2D eigenvalue weighted by atomic mass is 10.2. The van der Waals surface area contributed by atoms with E-state index in [0.29, 0.717) is 31.0 Å². The third kappa shape index (κ3) is 7.66. The predicted molar refractivity (Wildman–Crippen MR) is 157 cm³/mol. The summed E-state index contributed by atoms with van der Waals surface area (Å²) in [5.41, 5.74) is 3.34. The smallest absolute Gasteiger partial charge is 0.257 e. The van der Waals surface area contributed by atoms with E-state index in [9.17, 15) is 9.59 Å². The number of thiocarbonyl (C=S) groups is 1. The van der Waals surface area contributed by atoms with Crippen LogP contribution in [0.5, 0.6) is 5.75 Å². The lowest BCUT2D eigenvalue weighted by Gasteiger charge is -2.35. The molecular formula is C30H32N4O3S. The van der Waals surface area contributed by atoms with Crippen molar-refractivity contribution in [2.45, 2.75) is 13.3 Å². The molecular weight excluding hydrogens is 496 g/mol. The van der Waals surface area contributed by atoms with E-state index in [2.05, 4.69) is 15.5 Å². The zero-order chi connectivity index (χ0) is 26.7. The molecule has 3 aromatic rings. The van der Waals surface area contributed by atoms with Gasteiger partial charge in [-0.15, -0.1) is 0 Å². The molecule has 0 radical (unpaired) electrons. The maximum atomic E-state index is 12.6. The summed E-state index contributed by atoms with van der Waals surface area (Å²) in [4.78, 5) is 29.3. The van der Waals surface area contributed by atoms with E-state index >= 15 is 0 Å². The number of hydrogen-bond acceptors (Lipinski definition) is 5. The van der Waals surface area contributed by atoms with E-state index in [1.54, 1.807) is 24.3 Å². The molecule has 1 aliphatic heterocycles. The maximum Gasteiger partial charge on any atom is 0.257 e. The molecule has 0 aliphatic carbocycles. The van der Waals surface area contributed by atoms with Crippen molar-refractivity contribution in [3.8, 4) is 5.75 Å². The third-order valence-corrected chi connectivity index (χ3v) is 6.30. The monoisotopic (exact) mass is 528 g/mol. The molecule has 196 valence electrons. The van der Waals surface area contributed by atoms with Crippen molar-refractivity contribution in [3.63, 3.8) is 0 Å². The van der Waals surface area contributed by atoms with Crippen LogP contribution in [-0.2, 0) is 4.79 Å². The molecule has 2 amide bonds. The fourth-order valence-electron chi connectivity index (χ4n) is 4.06. The van der Waals surface area contributed by atoms with Gasteiger partial charge in [-0.3, -0.25) is 14.9 Å². The highest BCUT2D eigenvalue weighted by Gasteiger charge is 2.20. The Kier molecular flexibility index (Phi) is 9.48. The van der Waals surface area contributed by atoms with E-state index in [4.69, 9.17) is 17.0 Å². The normalized spacial score (nSPS) is 13.3. The van der Waals surface area contributed by atoms with Crippen molar-refractivity contribution in [3.05, 3.63) is 96.1 Å². The van der Waals surface area contributed by atoms with Gasteiger partial charge in [0, 0.05) is 49.2 Å². The molecule has 3 aromatic carbocycles. The molecule has 38 heavy (non-hydrogen) atoms. The number of piperazine rings is 1. The highest BCUT2D eigenvalue weighted by atomic mass is 32.1. The molecule has 1 fully saturated rings. The lowest BCUT2D eigenvalue weighted by molar-refractivity contribution is -0.126. The van der Waals surface area contributed by atoms with E-state index in [0.717, 1.165) is 36.4 Å². The van der Waals surface area contributed by atoms with Crippen LogP contribution in [0.1, 0.15) is 29.3 Å². The molecule has 0 atom stereocenters. The number of hydrogen-bond donors (Lipinski definition) is 2. The van der Waals surface area contributed by atoms with Crippen LogP contribution < -0.4 is 20.3 Å². The summed E-state index contributed by atoms with van der Waals surface area (Å²) in [7, 11) is 0. The molecule has 1 aliphatic rings. The largest absolute Gasteiger partial charge is 0.494 e. The molecule has 0 bridgehead atoms. The first-order valence-corrected chi connectivity index (χ1v) is 13.1. The Morgan fingerprint density at radius 2 is 1.68 bits per heavy atom. The van der Waals surface area contributed by atoms with Crippen molar-refractivity contribution in [1.82, 2.24) is 10.2 Å². The summed E-state index contributed by atoms with van der Waals surface area (Å²) >= 11 is 5.34. The van der Waals surface area contributed by atoms with E-state index < -0.39 is 0 Å². The quantitative estimate of drug-likeness (QED) is 0.318. The summed E-state index contributed by atoms with van der Waals surface area (Å²) in [6.45, 7) is 5.47. The summed E-state index contributed by atoms with van der Waals surface area (Å²) < 4.78 is 5.60. The standard InChI is InChI=1S/C30H32N4O3S/c1-2-21-37-27-10-6-9-24(22-27)29(36)32-30(38)31-25-12-14-26(15-13-25)33-17-19-34(20-18-33)28(35)16-11-23-7-4-3-5-8-23/h3-16,22H,2,17-21H2,1H3,(H2,31,32,36,38)/b16-11+. The Bertz CT molecular complexity index is 1270. The first-order chi connectivity index (χ1) is 18.5. The number of nitrogens with zero attached hydrogens (tertiary/aromatic N) is 2. The third-order valence-electron chi connectivity index (χ3n) is 6.10. The first kappa shape index (κ1) is 26.9. The molecule has 0 saturated carbocycles. The molecule has 4 rings (SSSR count). The van der Waals surface area contributed by atoms with Crippen molar-refractivity contribution in [2.24, 2.45) is 0 Å². The van der Waals surface area contributed by atoms with Gasteiger partial charge in [-0.1, -0.05) is 43.3 Å². The maximum absolute atomic E-state index is 12.6. The fourth-order valence-corrected chi connectivity index (χ4v) is 4.27. The molecule has 2 N–H and O–H groups in total. The van der Waals surface area contributed by atoms with Crippen LogP contribution in [0.25, 0.3) is 6.08 Å². The van der Waals surface area contributed by atoms with Crippen molar-refractivity contribution in [2.75, 3.05) is 43.0 Å². The Balaban J connectivity index is 1.24. The van der Waals surface area contributed by atoms with Crippen molar-refractivity contribution in [1.29, 1.82) is 0 Å². The Morgan fingerprint density at radius 1 is 0.947 bits per heavy atom. The Hall–Kier alpha value is -4.17. The van der Waals surface area contributed by atoms with Crippen LogP contribution in [0.2, 0.25) is 0 Å². The van der Waals surface area contributed by atoms with Gasteiger partial charge >= 0.3 is 0 Å². The molecule has 0 aromatic heterocycles. The number of benzene rings is 3. The van der Waals surface area contributed by atoms with Crippen LogP contribution >= 0.6 is 12.2 Å². The number of ether oxygens (including phenoxy) is 1. The van der Waals surface area contributed by atoms with Gasteiger partial charge in [0.1, 0.15) is 5.75 Å². The van der Waals surface area contributed by atoms with E-state index in [1.807, 2.05) is 78.6 Å². The van der Waals surface area contributed by atoms with Gasteiger partial charge < -0.3 is 19.9 Å². The van der Waals surface area contributed by atoms with Gasteiger partial charge in [-0.2, -0.15) is 0 Å². The second-order valence-corrected chi connectivity index (χ2v) is 9.30. The zero-order valence-corrected chi connectivity index (χ0v) is 22.2. The number of anilines is 2. The van der Waals surface area contributed by atoms with Crippen LogP contribution in [0.4, 0.5) is 11.4 Å². The van der Waals surface area contributed by atoms with Gasteiger partial charge in [-0.05, 0) is 72.7 Å². The van der Waals surface area contributed by atoms with Crippen molar-refractivity contribution >= 4 is 46.6 Å². The number of carbonyl (C=O) groups is 2. The van der Waals surface area contributed by atoms with E-state index in [1.165, 1.54) is 0 Å². The highest BCUT2D eigenvalue weighted by Crippen LogP contribution is 2.20. The van der Waals surface area contributed by atoms with Crippen molar-refractivity contribution < 1.29 is 14.3 Å². The number of nitrogens with one attached hydrogen (secondary N) is 2. The Morgan fingerprint density at radius 3 is 2.39 bits per heavy atom. The Labute approximate surface area is 229 Å². The average Bonchev–Trinajstić information content (AvgIpc) is 2.96. The van der Waals surface area contributed by atoms with Gasteiger partial charge in [0.15, 0.2) is 5.11 Å². The minimum absolute atomic E-state index is 0.0313. The highest BCUT2D eigenvalue weighted by molar-refractivity contribution is 7.80. The average molecular weight is 529 g/mol. The first-order valence-electron chi connectivity index (χ1n) is 12.7. The minimum atomic E-state index is -0.299. The van der Waals surface area contributed by atoms with Gasteiger partial charge in [0.2, 0.25) is 5.91 Å². The lowest BCUT2D eigenvalue weighted by Crippen LogP contribution is -2.48. The van der Waals surface area contributed by atoms with Gasteiger partial charge in [0.25, 0.3) is 5.91 Å². The fraction of sp³-hybridized carbons (Fsp3) is 0.233. The number of carbonyl (C=O) groups excluding carboxylic acids is 2. The van der Waals surface area contributed by atoms with Gasteiger partial charge in [0.05, 0.1) is 6.61 Å². The zero-order valence-electron chi connectivity index (χ0n) is 21.4. The predicted octanol–water partition coefficient (Wildman–Crippen LogP) is 4.96. The molecule has 0 unspecified atom stereocenters. The topological polar surface area (TPSA) is 73.9 Å². The minimum Gasteiger partial charge on any atom is -0.494 e. The SMILES string of the molecule is CCCOc1cccc(C(=O)NC(=S)Nc2ccc(N3CCN(C(=O)/C=C/c4ccccc4)CC3)cc2)c1. The van der Waals surface area contributed by atoms with Crippen LogP contribution in [0, 0.1) is 0 Å². The summed E-state index contributed by atoms with van der Waals surface area (Å²) in [6.07, 6.45) is 4.39. The van der Waals surface area contributed by atoms with Gasteiger partial charge in [-0.25, -0.2) is 0 Å². The van der Waals surface area contributed by atoms with E-state index in [-0.39, 0.29) is 16.9 Å². The molecule has 7 nitrogen and oxygen atoms in total. The number of rotatable bonds is 8. The molecule has 1 saturated heterocycles.